The van der Waals surface area contributed by atoms with Crippen LogP contribution in [0.2, 0.25) is 0 Å². The molecule has 1 N–H and O–H groups in total. The molecule has 1 aromatic carbocycles. The molecule has 0 fully saturated rings. The van der Waals surface area contributed by atoms with E-state index in [-0.39, 0.29) is 0 Å². The molecule has 0 saturated carbocycles. The zero-order valence-corrected chi connectivity index (χ0v) is 8.64. The lowest BCUT2D eigenvalue weighted by Crippen LogP contribution is -1.94. The van der Waals surface area contributed by atoms with Gasteiger partial charge in [0.1, 0.15) is 0 Å². The lowest BCUT2D eigenvalue weighted by atomic mass is 10.1. The van der Waals surface area contributed by atoms with Crippen LogP contribution in [0.4, 0.5) is 0 Å². The van der Waals surface area contributed by atoms with Gasteiger partial charge < -0.3 is 9.84 Å². The van der Waals surface area contributed by atoms with Crippen LogP contribution >= 0.6 is 0 Å². The highest BCUT2D eigenvalue weighted by atomic mass is 16.5. The topological polar surface area (TPSA) is 55.2 Å². The van der Waals surface area contributed by atoms with Crippen molar-refractivity contribution in [1.82, 2.24) is 9.97 Å². The molecule has 78 valence electrons. The van der Waals surface area contributed by atoms with E-state index in [2.05, 4.69) is 9.97 Å². The maximum atomic E-state index is 9.41. The molecule has 0 radical (unpaired) electrons. The first-order chi connectivity index (χ1) is 7.20. The molecule has 0 bridgehead atoms. The predicted molar refractivity (Wildman–Crippen MR) is 56.7 cm³/mol. The standard InChI is InChI=1S/C11H12N2O2/c1-7(14)8-3-4-9-10(5-8)12-6-11(13-9)15-2/h3-7,14H,1-2H3. The second kappa shape index (κ2) is 3.82. The van der Waals surface area contributed by atoms with Crippen LogP contribution in [0.3, 0.4) is 0 Å². The van der Waals surface area contributed by atoms with E-state index in [1.807, 2.05) is 18.2 Å². The second-order valence-electron chi connectivity index (χ2n) is 3.34. The van der Waals surface area contributed by atoms with Crippen LogP contribution in [0.1, 0.15) is 18.6 Å². The van der Waals surface area contributed by atoms with Gasteiger partial charge in [-0.15, -0.1) is 0 Å². The molecule has 0 aliphatic heterocycles. The van der Waals surface area contributed by atoms with Gasteiger partial charge in [0.25, 0.3) is 0 Å². The summed E-state index contributed by atoms with van der Waals surface area (Å²) in [6.07, 6.45) is 1.08. The van der Waals surface area contributed by atoms with Crippen LogP contribution in [0.25, 0.3) is 11.0 Å². The van der Waals surface area contributed by atoms with Crippen molar-refractivity contribution < 1.29 is 9.84 Å². The average molecular weight is 204 g/mol. The van der Waals surface area contributed by atoms with E-state index in [1.165, 1.54) is 0 Å². The third-order valence-electron chi connectivity index (χ3n) is 2.24. The molecule has 2 rings (SSSR count). The maximum absolute atomic E-state index is 9.41. The molecule has 4 nitrogen and oxygen atoms in total. The van der Waals surface area contributed by atoms with E-state index in [1.54, 1.807) is 20.2 Å². The Kier molecular flexibility index (Phi) is 2.51. The Balaban J connectivity index is 2.55. The van der Waals surface area contributed by atoms with Crippen molar-refractivity contribution in [3.05, 3.63) is 30.0 Å². The quantitative estimate of drug-likeness (QED) is 0.808. The zero-order valence-electron chi connectivity index (χ0n) is 8.64. The highest BCUT2D eigenvalue weighted by Crippen LogP contribution is 2.18. The van der Waals surface area contributed by atoms with Crippen LogP contribution in [-0.2, 0) is 0 Å². The molecule has 1 unspecified atom stereocenters. The molecule has 1 aromatic heterocycles. The molecule has 2 aromatic rings. The molecule has 0 saturated heterocycles. The molecule has 0 amide bonds. The summed E-state index contributed by atoms with van der Waals surface area (Å²) in [5, 5.41) is 9.41. The lowest BCUT2D eigenvalue weighted by Gasteiger charge is -2.05. The summed E-state index contributed by atoms with van der Waals surface area (Å²) in [5.41, 5.74) is 2.36. The van der Waals surface area contributed by atoms with Gasteiger partial charge in [0.05, 0.1) is 30.4 Å². The Labute approximate surface area is 87.6 Å². The Morgan fingerprint density at radius 1 is 1.33 bits per heavy atom. The van der Waals surface area contributed by atoms with Gasteiger partial charge in [-0.05, 0) is 24.6 Å². The zero-order chi connectivity index (χ0) is 10.8. The van der Waals surface area contributed by atoms with Crippen molar-refractivity contribution >= 4 is 11.0 Å². The van der Waals surface area contributed by atoms with Crippen molar-refractivity contribution in [2.45, 2.75) is 13.0 Å². The largest absolute Gasteiger partial charge is 0.480 e. The average Bonchev–Trinajstić information content (AvgIpc) is 2.27. The number of hydrogen-bond donors (Lipinski definition) is 1. The summed E-state index contributed by atoms with van der Waals surface area (Å²) >= 11 is 0. The van der Waals surface area contributed by atoms with Crippen molar-refractivity contribution in [3.8, 4) is 5.88 Å². The summed E-state index contributed by atoms with van der Waals surface area (Å²) in [6, 6.07) is 5.49. The fraction of sp³-hybridized carbons (Fsp3) is 0.273. The summed E-state index contributed by atoms with van der Waals surface area (Å²) in [7, 11) is 1.56. The first-order valence-corrected chi connectivity index (χ1v) is 4.69. The monoisotopic (exact) mass is 204 g/mol. The highest BCUT2D eigenvalue weighted by Gasteiger charge is 2.04. The minimum atomic E-state index is -0.488. The van der Waals surface area contributed by atoms with Gasteiger partial charge in [-0.1, -0.05) is 6.07 Å². The number of benzene rings is 1. The molecular formula is C11H12N2O2. The fourth-order valence-corrected chi connectivity index (χ4v) is 1.37. The van der Waals surface area contributed by atoms with Crippen molar-refractivity contribution in [2.24, 2.45) is 0 Å². The van der Waals surface area contributed by atoms with E-state index < -0.39 is 6.10 Å². The molecule has 0 aliphatic carbocycles. The molecule has 1 heterocycles. The van der Waals surface area contributed by atoms with Gasteiger partial charge in [0, 0.05) is 0 Å². The number of aliphatic hydroxyl groups is 1. The van der Waals surface area contributed by atoms with Crippen molar-refractivity contribution in [3.63, 3.8) is 0 Å². The van der Waals surface area contributed by atoms with Gasteiger partial charge in [-0.2, -0.15) is 0 Å². The normalized spacial score (nSPS) is 12.7. The van der Waals surface area contributed by atoms with E-state index in [0.29, 0.717) is 5.88 Å². The molecule has 0 aliphatic rings. The molecule has 1 atom stereocenters. The Hall–Kier alpha value is -1.68. The minimum absolute atomic E-state index is 0.488. The number of ether oxygens (including phenoxy) is 1. The summed E-state index contributed by atoms with van der Waals surface area (Å²) in [5.74, 6) is 0.493. The van der Waals surface area contributed by atoms with Crippen LogP contribution in [0.5, 0.6) is 5.88 Å². The first-order valence-electron chi connectivity index (χ1n) is 4.69. The molecule has 0 spiro atoms. The highest BCUT2D eigenvalue weighted by molar-refractivity contribution is 5.75. The SMILES string of the molecule is COc1cnc2cc(C(C)O)ccc2n1. The number of aliphatic hydroxyl groups excluding tert-OH is 1. The number of hydrogen-bond acceptors (Lipinski definition) is 4. The van der Waals surface area contributed by atoms with Crippen molar-refractivity contribution in [1.29, 1.82) is 0 Å². The fourth-order valence-electron chi connectivity index (χ4n) is 1.37. The number of methoxy groups -OCH3 is 1. The summed E-state index contributed by atoms with van der Waals surface area (Å²) in [6.45, 7) is 1.72. The number of nitrogens with zero attached hydrogens (tertiary/aromatic N) is 2. The van der Waals surface area contributed by atoms with Gasteiger partial charge in [0.2, 0.25) is 5.88 Å². The van der Waals surface area contributed by atoms with E-state index in [0.717, 1.165) is 16.6 Å². The molecule has 4 heteroatoms. The van der Waals surface area contributed by atoms with Gasteiger partial charge in [0.15, 0.2) is 0 Å². The van der Waals surface area contributed by atoms with Crippen LogP contribution in [-0.4, -0.2) is 22.2 Å². The van der Waals surface area contributed by atoms with Gasteiger partial charge >= 0.3 is 0 Å². The predicted octanol–water partition coefficient (Wildman–Crippen LogP) is 1.69. The minimum Gasteiger partial charge on any atom is -0.480 e. The molecule has 15 heavy (non-hydrogen) atoms. The molecular weight excluding hydrogens is 192 g/mol. The van der Waals surface area contributed by atoms with Crippen LogP contribution in [0, 0.1) is 0 Å². The van der Waals surface area contributed by atoms with E-state index in [4.69, 9.17) is 4.74 Å². The van der Waals surface area contributed by atoms with E-state index >= 15 is 0 Å². The van der Waals surface area contributed by atoms with Crippen LogP contribution < -0.4 is 4.74 Å². The second-order valence-corrected chi connectivity index (χ2v) is 3.34. The Morgan fingerprint density at radius 2 is 2.13 bits per heavy atom. The maximum Gasteiger partial charge on any atom is 0.232 e. The smallest absolute Gasteiger partial charge is 0.232 e. The Bertz CT molecular complexity index is 483. The number of rotatable bonds is 2. The van der Waals surface area contributed by atoms with Crippen LogP contribution in [0.15, 0.2) is 24.4 Å². The number of fused-ring (bicyclic) bond motifs is 1. The summed E-state index contributed by atoms with van der Waals surface area (Å²) in [4.78, 5) is 8.42. The van der Waals surface area contributed by atoms with Crippen molar-refractivity contribution in [2.75, 3.05) is 7.11 Å². The third kappa shape index (κ3) is 1.89. The number of aromatic nitrogens is 2. The van der Waals surface area contributed by atoms with E-state index in [9.17, 15) is 5.11 Å². The third-order valence-corrected chi connectivity index (χ3v) is 2.24. The summed E-state index contributed by atoms with van der Waals surface area (Å²) < 4.78 is 4.98. The van der Waals surface area contributed by atoms with Gasteiger partial charge in [-0.25, -0.2) is 9.97 Å². The first kappa shape index (κ1) is 9.86. The lowest BCUT2D eigenvalue weighted by molar-refractivity contribution is 0.199. The Morgan fingerprint density at radius 3 is 2.80 bits per heavy atom. The van der Waals surface area contributed by atoms with Gasteiger partial charge in [-0.3, -0.25) is 0 Å².